The Hall–Kier alpha value is -2.61. The first-order valence-electron chi connectivity index (χ1n) is 5.53. The number of benzene rings is 1. The monoisotopic (exact) mass is 293 g/mol. The maximum Gasteiger partial charge on any atom is 0.270 e. The van der Waals surface area contributed by atoms with Crippen molar-refractivity contribution in [3.8, 4) is 5.75 Å². The van der Waals surface area contributed by atoms with E-state index in [1.165, 1.54) is 29.5 Å². The molecule has 0 spiro atoms. The van der Waals surface area contributed by atoms with E-state index >= 15 is 0 Å². The second kappa shape index (κ2) is 6.02. The number of rotatable bonds is 5. The Morgan fingerprint density at radius 3 is 2.90 bits per heavy atom. The largest absolute Gasteiger partial charge is 0.487 e. The molecule has 1 heterocycles. The zero-order valence-corrected chi connectivity index (χ0v) is 11.0. The zero-order chi connectivity index (χ0) is 14.5. The second-order valence-electron chi connectivity index (χ2n) is 3.79. The number of thiophene rings is 1. The highest BCUT2D eigenvalue weighted by molar-refractivity contribution is 7.09. The molecule has 0 aliphatic heterocycles. The SMILES string of the molecule is NC(=NO)c1cc([N+](=O)[O-])ccc1OCc1cccs1. The predicted molar refractivity (Wildman–Crippen MR) is 74.3 cm³/mol. The number of nitrogens with zero attached hydrogens (tertiary/aromatic N) is 2. The second-order valence-corrected chi connectivity index (χ2v) is 4.82. The Bertz CT molecular complexity index is 640. The number of amidine groups is 1. The lowest BCUT2D eigenvalue weighted by Gasteiger charge is -2.09. The van der Waals surface area contributed by atoms with Gasteiger partial charge in [0.15, 0.2) is 5.84 Å². The molecular formula is C12H11N3O4S. The van der Waals surface area contributed by atoms with Crippen LogP contribution in [0.2, 0.25) is 0 Å². The molecule has 7 nitrogen and oxygen atoms in total. The summed E-state index contributed by atoms with van der Waals surface area (Å²) in [6.07, 6.45) is 0. The van der Waals surface area contributed by atoms with Crippen molar-refractivity contribution in [2.75, 3.05) is 0 Å². The van der Waals surface area contributed by atoms with E-state index in [2.05, 4.69) is 5.16 Å². The van der Waals surface area contributed by atoms with Gasteiger partial charge in [-0.3, -0.25) is 10.1 Å². The molecule has 0 fully saturated rings. The van der Waals surface area contributed by atoms with Crippen LogP contribution < -0.4 is 10.5 Å². The van der Waals surface area contributed by atoms with Gasteiger partial charge in [-0.1, -0.05) is 11.2 Å². The number of hydrogen-bond acceptors (Lipinski definition) is 6. The van der Waals surface area contributed by atoms with E-state index < -0.39 is 4.92 Å². The summed E-state index contributed by atoms with van der Waals surface area (Å²) in [5.41, 5.74) is 5.53. The molecule has 2 aromatic rings. The molecule has 0 amide bonds. The smallest absolute Gasteiger partial charge is 0.270 e. The van der Waals surface area contributed by atoms with Crippen LogP contribution in [-0.4, -0.2) is 16.0 Å². The Kier molecular flexibility index (Phi) is 4.16. The number of hydrogen-bond donors (Lipinski definition) is 2. The molecule has 0 radical (unpaired) electrons. The van der Waals surface area contributed by atoms with Crippen molar-refractivity contribution in [3.05, 3.63) is 56.3 Å². The number of ether oxygens (including phenoxy) is 1. The average molecular weight is 293 g/mol. The van der Waals surface area contributed by atoms with Crippen LogP contribution in [0.4, 0.5) is 5.69 Å². The van der Waals surface area contributed by atoms with Crippen molar-refractivity contribution in [3.63, 3.8) is 0 Å². The van der Waals surface area contributed by atoms with Gasteiger partial charge in [-0.15, -0.1) is 11.3 Å². The lowest BCUT2D eigenvalue weighted by atomic mass is 10.1. The van der Waals surface area contributed by atoms with Gasteiger partial charge >= 0.3 is 0 Å². The standard InChI is InChI=1S/C12H11N3O4S/c13-12(14-16)10-6-8(15(17)18)3-4-11(10)19-7-9-2-1-5-20-9/h1-6,16H,7H2,(H2,13,14). The van der Waals surface area contributed by atoms with Gasteiger partial charge in [0.1, 0.15) is 12.4 Å². The maximum atomic E-state index is 10.7. The number of non-ortho nitro benzene ring substituents is 1. The van der Waals surface area contributed by atoms with Crippen molar-refractivity contribution >= 4 is 22.9 Å². The molecule has 104 valence electrons. The summed E-state index contributed by atoms with van der Waals surface area (Å²) >= 11 is 1.53. The Balaban J connectivity index is 2.29. The molecule has 8 heteroatoms. The van der Waals surface area contributed by atoms with E-state index in [0.717, 1.165) is 4.88 Å². The van der Waals surface area contributed by atoms with E-state index in [0.29, 0.717) is 12.4 Å². The van der Waals surface area contributed by atoms with Gasteiger partial charge in [0.05, 0.1) is 10.5 Å². The van der Waals surface area contributed by atoms with Gasteiger partial charge in [-0.05, 0) is 17.5 Å². The third kappa shape index (κ3) is 3.04. The Morgan fingerprint density at radius 1 is 1.50 bits per heavy atom. The average Bonchev–Trinajstić information content (AvgIpc) is 2.97. The minimum Gasteiger partial charge on any atom is -0.487 e. The molecular weight excluding hydrogens is 282 g/mol. The minimum absolute atomic E-state index is 0.157. The van der Waals surface area contributed by atoms with Crippen molar-refractivity contribution in [2.24, 2.45) is 10.9 Å². The van der Waals surface area contributed by atoms with Crippen LogP contribution in [0, 0.1) is 10.1 Å². The lowest BCUT2D eigenvalue weighted by molar-refractivity contribution is -0.384. The fourth-order valence-corrected chi connectivity index (χ4v) is 2.17. The third-order valence-corrected chi connectivity index (χ3v) is 3.36. The van der Waals surface area contributed by atoms with Crippen LogP contribution in [0.3, 0.4) is 0 Å². The highest BCUT2D eigenvalue weighted by Gasteiger charge is 2.15. The molecule has 0 aliphatic carbocycles. The normalized spacial score (nSPS) is 11.3. The molecule has 20 heavy (non-hydrogen) atoms. The number of oxime groups is 1. The minimum atomic E-state index is -0.558. The van der Waals surface area contributed by atoms with Gasteiger partial charge < -0.3 is 15.7 Å². The van der Waals surface area contributed by atoms with Crippen LogP contribution in [0.1, 0.15) is 10.4 Å². The molecule has 0 saturated heterocycles. The summed E-state index contributed by atoms with van der Waals surface area (Å²) < 4.78 is 5.56. The van der Waals surface area contributed by atoms with Gasteiger partial charge in [0, 0.05) is 17.0 Å². The first-order chi connectivity index (χ1) is 9.61. The lowest BCUT2D eigenvalue weighted by Crippen LogP contribution is -2.15. The van der Waals surface area contributed by atoms with Gasteiger partial charge in [0.2, 0.25) is 0 Å². The van der Waals surface area contributed by atoms with Crippen LogP contribution >= 0.6 is 11.3 Å². The van der Waals surface area contributed by atoms with Crippen molar-refractivity contribution in [1.29, 1.82) is 0 Å². The van der Waals surface area contributed by atoms with E-state index in [-0.39, 0.29) is 17.1 Å². The summed E-state index contributed by atoms with van der Waals surface area (Å²) in [6.45, 7) is 0.307. The molecule has 0 unspecified atom stereocenters. The Morgan fingerprint density at radius 2 is 2.30 bits per heavy atom. The molecule has 1 aromatic carbocycles. The van der Waals surface area contributed by atoms with Crippen LogP contribution in [0.5, 0.6) is 5.75 Å². The fraction of sp³-hybridized carbons (Fsp3) is 0.0833. The van der Waals surface area contributed by atoms with E-state index in [1.54, 1.807) is 0 Å². The van der Waals surface area contributed by atoms with E-state index in [9.17, 15) is 10.1 Å². The molecule has 0 atom stereocenters. The van der Waals surface area contributed by atoms with Crippen molar-refractivity contribution < 1.29 is 14.9 Å². The number of nitrogens with two attached hydrogens (primary N) is 1. The van der Waals surface area contributed by atoms with E-state index in [1.807, 2.05) is 17.5 Å². The highest BCUT2D eigenvalue weighted by atomic mass is 32.1. The van der Waals surface area contributed by atoms with Crippen LogP contribution in [-0.2, 0) is 6.61 Å². The van der Waals surface area contributed by atoms with Crippen LogP contribution in [0.15, 0.2) is 40.9 Å². The maximum absolute atomic E-state index is 10.7. The third-order valence-electron chi connectivity index (χ3n) is 2.51. The van der Waals surface area contributed by atoms with Crippen molar-refractivity contribution in [1.82, 2.24) is 0 Å². The Labute approximate surface area is 118 Å². The highest BCUT2D eigenvalue weighted by Crippen LogP contribution is 2.25. The predicted octanol–water partition coefficient (Wildman–Crippen LogP) is 2.33. The van der Waals surface area contributed by atoms with Gasteiger partial charge in [-0.2, -0.15) is 0 Å². The topological polar surface area (TPSA) is 111 Å². The van der Waals surface area contributed by atoms with Gasteiger partial charge in [-0.25, -0.2) is 0 Å². The number of nitro groups is 1. The molecule has 0 bridgehead atoms. The fourth-order valence-electron chi connectivity index (χ4n) is 1.56. The first kappa shape index (κ1) is 13.8. The number of nitro benzene ring substituents is 1. The molecule has 0 aliphatic rings. The zero-order valence-electron chi connectivity index (χ0n) is 10.2. The van der Waals surface area contributed by atoms with Crippen LogP contribution in [0.25, 0.3) is 0 Å². The quantitative estimate of drug-likeness (QED) is 0.289. The molecule has 1 aromatic heterocycles. The summed E-state index contributed by atoms with van der Waals surface area (Å²) in [5, 5.41) is 24.3. The summed E-state index contributed by atoms with van der Waals surface area (Å²) in [4.78, 5) is 11.2. The van der Waals surface area contributed by atoms with Crippen molar-refractivity contribution in [2.45, 2.75) is 6.61 Å². The summed E-state index contributed by atoms with van der Waals surface area (Å²) in [6, 6.07) is 7.73. The summed E-state index contributed by atoms with van der Waals surface area (Å²) in [7, 11) is 0. The first-order valence-corrected chi connectivity index (χ1v) is 6.41. The molecule has 0 saturated carbocycles. The molecule has 3 N–H and O–H groups in total. The van der Waals surface area contributed by atoms with Gasteiger partial charge in [0.25, 0.3) is 5.69 Å². The van der Waals surface area contributed by atoms with E-state index in [4.69, 9.17) is 15.7 Å². The molecule has 2 rings (SSSR count). The summed E-state index contributed by atoms with van der Waals surface area (Å²) in [5.74, 6) is 0.0779.